The Morgan fingerprint density at radius 1 is 0.814 bits per heavy atom. The maximum atomic E-state index is 13.0. The third kappa shape index (κ3) is 21.4. The van der Waals surface area contributed by atoms with Gasteiger partial charge < -0.3 is 21.0 Å². The van der Waals surface area contributed by atoms with Crippen LogP contribution in [0.3, 0.4) is 0 Å². The van der Waals surface area contributed by atoms with E-state index in [1.807, 2.05) is 36.4 Å². The molecule has 0 amide bonds. The fourth-order valence-corrected chi connectivity index (χ4v) is 4.98. The first-order valence-corrected chi connectivity index (χ1v) is 18.2. The molecule has 0 aliphatic rings. The molecule has 1 N–H and O–H groups in total. The first-order chi connectivity index (χ1) is 28.1. The molecule has 6 aromatic rings. The number of esters is 2. The van der Waals surface area contributed by atoms with E-state index >= 15 is 0 Å². The SMILES string of the molecule is CCOC(=O)c1cc(-c2ccccn2)n[nH]1.CCOC(=O)c1cc(-c2ccccn2)nn1CCc1ccc(F)cc1.Fc1ccc(CCBr)cc1.O=CO[O-].[2H]CF.[H-].[K+].[K+]. The van der Waals surface area contributed by atoms with Gasteiger partial charge in [-0.1, -0.05) is 52.3 Å². The first-order valence-electron chi connectivity index (χ1n) is 17.8. The molecule has 0 atom stereocenters. The second-order valence-corrected chi connectivity index (χ2v) is 11.6. The second-order valence-electron chi connectivity index (χ2n) is 10.8. The van der Waals surface area contributed by atoms with Gasteiger partial charge in [-0.25, -0.2) is 18.4 Å². The molecule has 19 heteroatoms. The minimum absolute atomic E-state index is 0. The second kappa shape index (κ2) is 33.8. The van der Waals surface area contributed by atoms with Crippen molar-refractivity contribution in [2.45, 2.75) is 33.2 Å². The van der Waals surface area contributed by atoms with Crippen LogP contribution in [-0.4, -0.2) is 74.1 Å². The maximum Gasteiger partial charge on any atom is 1.00 e. The van der Waals surface area contributed by atoms with Crippen LogP contribution in [0, 0.1) is 11.6 Å². The zero-order valence-electron chi connectivity index (χ0n) is 35.0. The molecule has 4 aromatic heterocycles. The molecular weight excluding hydrogens is 892 g/mol. The van der Waals surface area contributed by atoms with Gasteiger partial charge in [0.1, 0.15) is 34.4 Å². The quantitative estimate of drug-likeness (QED) is 0.0465. The van der Waals surface area contributed by atoms with Crippen LogP contribution in [0.2, 0.25) is 0 Å². The van der Waals surface area contributed by atoms with Gasteiger partial charge in [0.2, 0.25) is 0 Å². The Morgan fingerprint density at radius 3 is 1.76 bits per heavy atom. The monoisotopic (exact) mass is 933 g/mol. The van der Waals surface area contributed by atoms with Crippen LogP contribution in [0.4, 0.5) is 13.2 Å². The molecule has 0 spiro atoms. The fraction of sp³-hybridized carbons (Fsp3) is 0.225. The number of carbonyl (C=O) groups is 3. The van der Waals surface area contributed by atoms with E-state index in [4.69, 9.17) is 20.9 Å². The number of nitrogens with zero attached hydrogens (tertiary/aromatic N) is 5. The predicted molar refractivity (Wildman–Crippen MR) is 208 cm³/mol. The molecule has 0 aliphatic carbocycles. The van der Waals surface area contributed by atoms with Crippen molar-refractivity contribution in [2.24, 2.45) is 0 Å². The van der Waals surface area contributed by atoms with E-state index in [2.05, 4.69) is 46.1 Å². The molecule has 6 rings (SSSR count). The summed E-state index contributed by atoms with van der Waals surface area (Å²) in [4.78, 5) is 43.2. The average Bonchev–Trinajstić information content (AvgIpc) is 3.92. The number of hydrogen-bond acceptors (Lipinski definition) is 11. The summed E-state index contributed by atoms with van der Waals surface area (Å²) in [6.07, 6.45) is 4.93. The Hall–Kier alpha value is -2.93. The van der Waals surface area contributed by atoms with Gasteiger partial charge in [0.15, 0.2) is 0 Å². The molecule has 304 valence electrons. The number of benzene rings is 2. The molecule has 59 heavy (non-hydrogen) atoms. The number of alkyl halides is 2. The van der Waals surface area contributed by atoms with Crippen molar-refractivity contribution in [3.63, 3.8) is 0 Å². The van der Waals surface area contributed by atoms with E-state index in [0.717, 1.165) is 17.3 Å². The van der Waals surface area contributed by atoms with Gasteiger partial charge in [-0.15, -0.1) is 0 Å². The molecular formula is C40H42BrF3K2N6O7. The Balaban J connectivity index is 0. The fourth-order valence-electron chi connectivity index (χ4n) is 4.52. The summed E-state index contributed by atoms with van der Waals surface area (Å²) in [5.74, 6) is -1.26. The first kappa shape index (κ1) is 54.1. The number of aromatic amines is 1. The van der Waals surface area contributed by atoms with Crippen molar-refractivity contribution in [3.8, 4) is 22.8 Å². The molecule has 0 aliphatic heterocycles. The third-order valence-corrected chi connectivity index (χ3v) is 7.45. The van der Waals surface area contributed by atoms with Crippen LogP contribution in [-0.2, 0) is 38.5 Å². The normalized spacial score (nSPS) is 9.58. The maximum absolute atomic E-state index is 13.0. The van der Waals surface area contributed by atoms with Crippen molar-refractivity contribution in [2.75, 3.05) is 25.7 Å². The van der Waals surface area contributed by atoms with E-state index in [1.54, 1.807) is 67.3 Å². The number of pyridine rings is 2. The van der Waals surface area contributed by atoms with Crippen LogP contribution in [0.5, 0.6) is 0 Å². The number of rotatable bonds is 12. The van der Waals surface area contributed by atoms with Crippen molar-refractivity contribution in [3.05, 3.63) is 144 Å². The minimum Gasteiger partial charge on any atom is -1.00 e. The summed E-state index contributed by atoms with van der Waals surface area (Å²) >= 11 is 3.31. The minimum atomic E-state index is -1.00. The van der Waals surface area contributed by atoms with Crippen molar-refractivity contribution in [1.29, 1.82) is 0 Å². The van der Waals surface area contributed by atoms with Crippen molar-refractivity contribution >= 4 is 34.3 Å². The number of halogens is 4. The van der Waals surface area contributed by atoms with Gasteiger partial charge in [-0.3, -0.25) is 28.9 Å². The van der Waals surface area contributed by atoms with Gasteiger partial charge in [0.05, 0.1) is 33.1 Å². The number of nitrogens with one attached hydrogen (secondary N) is 1. The van der Waals surface area contributed by atoms with Crippen LogP contribution in [0.15, 0.2) is 109 Å². The topological polar surface area (TPSA) is 174 Å². The summed E-state index contributed by atoms with van der Waals surface area (Å²) < 4.78 is 52.4. The van der Waals surface area contributed by atoms with E-state index in [9.17, 15) is 22.8 Å². The molecule has 4 heterocycles. The zero-order valence-corrected chi connectivity index (χ0v) is 40.9. The molecule has 0 saturated carbocycles. The van der Waals surface area contributed by atoms with Crippen LogP contribution < -0.4 is 108 Å². The van der Waals surface area contributed by atoms with Crippen molar-refractivity contribution < 1.29 is 153 Å². The van der Waals surface area contributed by atoms with Crippen LogP contribution in [0.1, 0.15) is 48.7 Å². The van der Waals surface area contributed by atoms with Crippen molar-refractivity contribution in [1.82, 2.24) is 29.9 Å². The Morgan fingerprint density at radius 2 is 1.31 bits per heavy atom. The Labute approximate surface area is 436 Å². The largest absolute Gasteiger partial charge is 1.00 e. The summed E-state index contributed by atoms with van der Waals surface area (Å²) in [5.41, 5.74) is 5.49. The number of ether oxygens (including phenoxy) is 2. The van der Waals surface area contributed by atoms with Crippen LogP contribution >= 0.6 is 15.9 Å². The van der Waals surface area contributed by atoms with E-state index in [0.29, 0.717) is 60.3 Å². The summed E-state index contributed by atoms with van der Waals surface area (Å²) in [6.45, 7) is 4.45. The molecule has 0 bridgehead atoms. The molecule has 0 fully saturated rings. The molecule has 13 nitrogen and oxygen atoms in total. The summed E-state index contributed by atoms with van der Waals surface area (Å²) in [7, 11) is -1.00. The number of aryl methyl sites for hydroxylation is 3. The number of carbonyl (C=O) groups excluding carboxylic acids is 3. The number of H-pyrrole nitrogens is 1. The molecule has 2 aromatic carbocycles. The van der Waals surface area contributed by atoms with Gasteiger partial charge in [-0.05, 0) is 86.3 Å². The van der Waals surface area contributed by atoms with Gasteiger partial charge in [0.25, 0.3) is 6.47 Å². The molecule has 0 radical (unpaired) electrons. The summed E-state index contributed by atoms with van der Waals surface area (Å²) in [6, 6.07) is 27.2. The van der Waals surface area contributed by atoms with E-state index in [1.165, 1.54) is 29.8 Å². The van der Waals surface area contributed by atoms with Gasteiger partial charge in [-0.2, -0.15) is 10.2 Å². The number of aromatic nitrogens is 6. The van der Waals surface area contributed by atoms with Crippen LogP contribution in [0.25, 0.3) is 22.8 Å². The molecule has 0 saturated heterocycles. The number of hydrogen-bond donors (Lipinski definition) is 1. The van der Waals surface area contributed by atoms with E-state index in [-0.39, 0.29) is 122 Å². The predicted octanol–water partition coefficient (Wildman–Crippen LogP) is 1.06. The van der Waals surface area contributed by atoms with E-state index < -0.39 is 19.1 Å². The third-order valence-electron chi connectivity index (χ3n) is 7.05. The Bertz CT molecular complexity index is 2060. The standard InChI is InChI=1S/C19H18FN3O2.C11H11N3O2.C8H8BrF.CH3F.CH2O3.2K.H/c1-2-25-19(24)18-13-17(16-5-3-4-11-21-16)22-23(18)12-10-14-6-8-15(20)9-7-14;1-2-16-11(15)10-7-9(13-14-10)8-5-3-4-6-12-8;9-6-5-7-1-3-8(10)4-2-7;1-2;2-1-4-3;;;/h3-9,11,13H,2,10,12H2,1H3;3-7H,2H2,1H3,(H,13,14);1-4H,5-6H2;1H3;1,3H;;;/q;;;;;2*+1;-1/p-1/i;;;1D;;;;. The van der Waals surface area contributed by atoms with Gasteiger partial charge >= 0.3 is 115 Å². The molecule has 0 unspecified atom stereocenters. The summed E-state index contributed by atoms with van der Waals surface area (Å²) in [5, 5.41) is 20.5. The van der Waals surface area contributed by atoms with Gasteiger partial charge in [0, 0.05) is 36.4 Å². The average molecular weight is 935 g/mol. The zero-order chi connectivity index (χ0) is 42.5. The Kier molecular flexibility index (Phi) is 30.9. The smallest absolute Gasteiger partial charge is 1.00 e.